The first kappa shape index (κ1) is 13.1. The number of nitrogens with one attached hydrogen (secondary N) is 1. The van der Waals surface area contributed by atoms with Gasteiger partial charge in [0, 0.05) is 17.1 Å². The van der Waals surface area contributed by atoms with Crippen LogP contribution in [-0.2, 0) is 6.54 Å². The molecule has 0 saturated carbocycles. The summed E-state index contributed by atoms with van der Waals surface area (Å²) < 4.78 is 19.1. The van der Waals surface area contributed by atoms with Gasteiger partial charge in [0.2, 0.25) is 0 Å². The quantitative estimate of drug-likeness (QED) is 0.897. The summed E-state index contributed by atoms with van der Waals surface area (Å²) in [5.74, 6) is 1.40. The molecule has 0 amide bonds. The first-order valence-electron chi connectivity index (χ1n) is 5.80. The second-order valence-corrected chi connectivity index (χ2v) is 4.66. The van der Waals surface area contributed by atoms with Crippen molar-refractivity contribution < 1.29 is 8.81 Å². The zero-order valence-electron chi connectivity index (χ0n) is 10.3. The van der Waals surface area contributed by atoms with Crippen LogP contribution in [0.4, 0.5) is 4.39 Å². The van der Waals surface area contributed by atoms with Crippen LogP contribution in [0.2, 0.25) is 5.02 Å². The molecule has 18 heavy (non-hydrogen) atoms. The predicted octanol–water partition coefficient (Wildman–Crippen LogP) is 4.23. The van der Waals surface area contributed by atoms with E-state index in [1.165, 1.54) is 6.07 Å². The van der Waals surface area contributed by atoms with E-state index in [0.29, 0.717) is 17.1 Å². The van der Waals surface area contributed by atoms with Crippen molar-refractivity contribution in [2.75, 3.05) is 0 Å². The fraction of sp³-hybridized carbons (Fsp3) is 0.286. The van der Waals surface area contributed by atoms with Crippen LogP contribution in [0.15, 0.2) is 34.7 Å². The minimum Gasteiger partial charge on any atom is -0.465 e. The van der Waals surface area contributed by atoms with Gasteiger partial charge in [0.25, 0.3) is 0 Å². The molecule has 0 aliphatic heterocycles. The summed E-state index contributed by atoms with van der Waals surface area (Å²) in [5, 5.41) is 3.63. The summed E-state index contributed by atoms with van der Waals surface area (Å²) in [5.41, 5.74) is 0.481. The lowest BCUT2D eigenvalue weighted by Gasteiger charge is -2.12. The van der Waals surface area contributed by atoms with Crippen LogP contribution in [0.3, 0.4) is 0 Å². The molecule has 0 saturated heterocycles. The number of hydrogen-bond acceptors (Lipinski definition) is 2. The van der Waals surface area contributed by atoms with E-state index in [2.05, 4.69) is 5.32 Å². The molecule has 0 radical (unpaired) electrons. The SMILES string of the molecule is Cc1ccc(C(C)NCc2c(F)cccc2Cl)o1. The molecule has 2 nitrogen and oxygen atoms in total. The third-order valence-electron chi connectivity index (χ3n) is 2.83. The highest BCUT2D eigenvalue weighted by Crippen LogP contribution is 2.21. The third-order valence-corrected chi connectivity index (χ3v) is 3.19. The molecular formula is C14H15ClFNO. The molecule has 0 spiro atoms. The first-order chi connectivity index (χ1) is 8.58. The van der Waals surface area contributed by atoms with Gasteiger partial charge < -0.3 is 9.73 Å². The number of furan rings is 1. The van der Waals surface area contributed by atoms with Gasteiger partial charge in [-0.3, -0.25) is 0 Å². The number of rotatable bonds is 4. The van der Waals surface area contributed by atoms with Crippen LogP contribution >= 0.6 is 11.6 Å². The lowest BCUT2D eigenvalue weighted by atomic mass is 10.2. The Morgan fingerprint density at radius 3 is 2.72 bits per heavy atom. The van der Waals surface area contributed by atoms with Gasteiger partial charge in [-0.05, 0) is 38.1 Å². The maximum Gasteiger partial charge on any atom is 0.129 e. The Balaban J connectivity index is 2.03. The molecule has 96 valence electrons. The molecule has 4 heteroatoms. The van der Waals surface area contributed by atoms with E-state index in [4.69, 9.17) is 16.0 Å². The van der Waals surface area contributed by atoms with Crippen LogP contribution in [0.1, 0.15) is 30.0 Å². The van der Waals surface area contributed by atoms with E-state index >= 15 is 0 Å². The van der Waals surface area contributed by atoms with E-state index in [1.54, 1.807) is 12.1 Å². The number of benzene rings is 1. The van der Waals surface area contributed by atoms with Gasteiger partial charge in [0.15, 0.2) is 0 Å². The molecular weight excluding hydrogens is 253 g/mol. The van der Waals surface area contributed by atoms with E-state index in [9.17, 15) is 4.39 Å². The van der Waals surface area contributed by atoms with Crippen molar-refractivity contribution in [3.8, 4) is 0 Å². The fourth-order valence-electron chi connectivity index (χ4n) is 1.74. The maximum absolute atomic E-state index is 13.6. The van der Waals surface area contributed by atoms with E-state index < -0.39 is 0 Å². The van der Waals surface area contributed by atoms with Crippen molar-refractivity contribution in [1.29, 1.82) is 0 Å². The Labute approximate surface area is 111 Å². The lowest BCUT2D eigenvalue weighted by molar-refractivity contribution is 0.413. The van der Waals surface area contributed by atoms with Crippen molar-refractivity contribution >= 4 is 11.6 Å². The molecule has 1 atom stereocenters. The standard InChI is InChI=1S/C14H15ClFNO/c1-9-6-7-14(18-9)10(2)17-8-11-12(15)4-3-5-13(11)16/h3-7,10,17H,8H2,1-2H3. The average molecular weight is 268 g/mol. The zero-order valence-corrected chi connectivity index (χ0v) is 11.1. The van der Waals surface area contributed by atoms with E-state index in [0.717, 1.165) is 11.5 Å². The van der Waals surface area contributed by atoms with Gasteiger partial charge in [0.05, 0.1) is 6.04 Å². The van der Waals surface area contributed by atoms with Gasteiger partial charge in [-0.2, -0.15) is 0 Å². The molecule has 0 bridgehead atoms. The molecule has 1 heterocycles. The van der Waals surface area contributed by atoms with Crippen LogP contribution in [0.5, 0.6) is 0 Å². The summed E-state index contributed by atoms with van der Waals surface area (Å²) in [6.07, 6.45) is 0. The molecule has 2 rings (SSSR count). The summed E-state index contributed by atoms with van der Waals surface area (Å²) in [6.45, 7) is 4.23. The number of aryl methyl sites for hydroxylation is 1. The average Bonchev–Trinajstić information content (AvgIpc) is 2.75. The topological polar surface area (TPSA) is 25.2 Å². The Bertz CT molecular complexity index is 518. The molecule has 2 aromatic rings. The molecule has 0 aliphatic carbocycles. The number of hydrogen-bond donors (Lipinski definition) is 1. The largest absolute Gasteiger partial charge is 0.465 e. The van der Waals surface area contributed by atoms with Gasteiger partial charge in [-0.15, -0.1) is 0 Å². The molecule has 1 aromatic carbocycles. The highest BCUT2D eigenvalue weighted by molar-refractivity contribution is 6.31. The van der Waals surface area contributed by atoms with E-state index in [-0.39, 0.29) is 11.9 Å². The molecule has 1 N–H and O–H groups in total. The van der Waals surface area contributed by atoms with Crippen molar-refractivity contribution in [2.24, 2.45) is 0 Å². The Morgan fingerprint density at radius 2 is 2.11 bits per heavy atom. The smallest absolute Gasteiger partial charge is 0.129 e. The highest BCUT2D eigenvalue weighted by atomic mass is 35.5. The second-order valence-electron chi connectivity index (χ2n) is 4.25. The predicted molar refractivity (Wildman–Crippen MR) is 70.1 cm³/mol. The lowest BCUT2D eigenvalue weighted by Crippen LogP contribution is -2.18. The second kappa shape index (κ2) is 5.55. The first-order valence-corrected chi connectivity index (χ1v) is 6.18. The van der Waals surface area contributed by atoms with E-state index in [1.807, 2.05) is 26.0 Å². The van der Waals surface area contributed by atoms with Crippen LogP contribution in [0, 0.1) is 12.7 Å². The van der Waals surface area contributed by atoms with Crippen molar-refractivity contribution in [2.45, 2.75) is 26.4 Å². The van der Waals surface area contributed by atoms with Gasteiger partial charge in [-0.25, -0.2) is 4.39 Å². The normalized spacial score (nSPS) is 12.7. The third kappa shape index (κ3) is 2.92. The zero-order chi connectivity index (χ0) is 13.1. The number of halogens is 2. The Hall–Kier alpha value is -1.32. The maximum atomic E-state index is 13.6. The minimum absolute atomic E-state index is 0.00868. The Morgan fingerprint density at radius 1 is 1.33 bits per heavy atom. The van der Waals surface area contributed by atoms with Gasteiger partial charge >= 0.3 is 0 Å². The summed E-state index contributed by atoms with van der Waals surface area (Å²) in [4.78, 5) is 0. The highest BCUT2D eigenvalue weighted by Gasteiger charge is 2.12. The minimum atomic E-state index is -0.294. The fourth-order valence-corrected chi connectivity index (χ4v) is 1.97. The summed E-state index contributed by atoms with van der Waals surface area (Å²) in [7, 11) is 0. The van der Waals surface area contributed by atoms with Crippen LogP contribution in [-0.4, -0.2) is 0 Å². The van der Waals surface area contributed by atoms with Crippen molar-refractivity contribution in [1.82, 2.24) is 5.32 Å². The van der Waals surface area contributed by atoms with Crippen molar-refractivity contribution in [3.63, 3.8) is 0 Å². The molecule has 0 fully saturated rings. The molecule has 1 unspecified atom stereocenters. The van der Waals surface area contributed by atoms with Crippen molar-refractivity contribution in [3.05, 3.63) is 58.3 Å². The Kier molecular flexibility index (Phi) is 4.04. The summed E-state index contributed by atoms with van der Waals surface area (Å²) in [6, 6.07) is 8.52. The van der Waals surface area contributed by atoms with Gasteiger partial charge in [0.1, 0.15) is 17.3 Å². The van der Waals surface area contributed by atoms with Crippen LogP contribution in [0.25, 0.3) is 0 Å². The van der Waals surface area contributed by atoms with Crippen LogP contribution < -0.4 is 5.32 Å². The molecule has 1 aromatic heterocycles. The molecule has 0 aliphatic rings. The van der Waals surface area contributed by atoms with Gasteiger partial charge in [-0.1, -0.05) is 17.7 Å². The monoisotopic (exact) mass is 267 g/mol. The summed E-state index contributed by atoms with van der Waals surface area (Å²) >= 11 is 5.96.